The average molecular weight is 245 g/mol. The van der Waals surface area contributed by atoms with E-state index in [2.05, 4.69) is 11.8 Å². The summed E-state index contributed by atoms with van der Waals surface area (Å²) >= 11 is 0. The van der Waals surface area contributed by atoms with Crippen molar-refractivity contribution in [3.63, 3.8) is 0 Å². The summed E-state index contributed by atoms with van der Waals surface area (Å²) in [5.41, 5.74) is 7.47. The van der Waals surface area contributed by atoms with E-state index < -0.39 is 0 Å². The molecule has 0 aromatic heterocycles. The van der Waals surface area contributed by atoms with Crippen LogP contribution in [0.1, 0.15) is 24.0 Å². The summed E-state index contributed by atoms with van der Waals surface area (Å²) < 4.78 is 11.3. The van der Waals surface area contributed by atoms with E-state index in [4.69, 9.17) is 15.2 Å². The van der Waals surface area contributed by atoms with Crippen molar-refractivity contribution in [1.29, 1.82) is 0 Å². The van der Waals surface area contributed by atoms with Crippen molar-refractivity contribution in [2.75, 3.05) is 19.8 Å². The Morgan fingerprint density at radius 3 is 3.11 bits per heavy atom. The number of hydrogen-bond acceptors (Lipinski definition) is 3. The van der Waals surface area contributed by atoms with Gasteiger partial charge < -0.3 is 15.2 Å². The Labute approximate surface area is 108 Å². The quantitative estimate of drug-likeness (QED) is 0.827. The van der Waals surface area contributed by atoms with Crippen LogP contribution in [-0.4, -0.2) is 25.9 Å². The van der Waals surface area contributed by atoms with Crippen molar-refractivity contribution < 1.29 is 9.47 Å². The molecule has 3 nitrogen and oxygen atoms in total. The highest BCUT2D eigenvalue weighted by molar-refractivity contribution is 5.48. The summed E-state index contributed by atoms with van der Waals surface area (Å²) in [6.45, 7) is 3.85. The first-order chi connectivity index (χ1) is 8.79. The largest absolute Gasteiger partial charge is 0.490 e. The van der Waals surface area contributed by atoms with Crippen LogP contribution in [0.5, 0.6) is 5.75 Å². The Hall–Kier alpha value is -1.50. The second kappa shape index (κ2) is 6.44. The molecule has 96 valence electrons. The molecule has 1 aliphatic rings. The van der Waals surface area contributed by atoms with Gasteiger partial charge in [0.05, 0.1) is 18.2 Å². The van der Waals surface area contributed by atoms with Gasteiger partial charge in [0.1, 0.15) is 12.4 Å². The van der Waals surface area contributed by atoms with Crippen LogP contribution >= 0.6 is 0 Å². The lowest BCUT2D eigenvalue weighted by atomic mass is 10.1. The molecule has 1 atom stereocenters. The Morgan fingerprint density at radius 1 is 1.50 bits per heavy atom. The summed E-state index contributed by atoms with van der Waals surface area (Å²) in [4.78, 5) is 0. The van der Waals surface area contributed by atoms with Gasteiger partial charge in [-0.25, -0.2) is 0 Å². The molecule has 1 aromatic carbocycles. The standard InChI is InChI=1S/C15H19NO2/c1-12-6-7-15(13(10-12)4-2-8-16)18-11-14-5-3-9-17-14/h6-7,10,14H,3,5,8-9,11,16H2,1H3. The highest BCUT2D eigenvalue weighted by Crippen LogP contribution is 2.21. The van der Waals surface area contributed by atoms with Gasteiger partial charge in [-0.1, -0.05) is 17.9 Å². The molecular formula is C15H19NO2. The van der Waals surface area contributed by atoms with E-state index in [-0.39, 0.29) is 6.10 Å². The van der Waals surface area contributed by atoms with Gasteiger partial charge in [0.15, 0.2) is 0 Å². The first-order valence-corrected chi connectivity index (χ1v) is 6.33. The molecule has 1 fully saturated rings. The lowest BCUT2D eigenvalue weighted by molar-refractivity contribution is 0.0678. The van der Waals surface area contributed by atoms with Gasteiger partial charge in [0, 0.05) is 6.61 Å². The van der Waals surface area contributed by atoms with E-state index >= 15 is 0 Å². The fraction of sp³-hybridized carbons (Fsp3) is 0.467. The molecule has 18 heavy (non-hydrogen) atoms. The van der Waals surface area contributed by atoms with Gasteiger partial charge in [0.2, 0.25) is 0 Å². The summed E-state index contributed by atoms with van der Waals surface area (Å²) in [7, 11) is 0. The minimum Gasteiger partial charge on any atom is -0.490 e. The van der Waals surface area contributed by atoms with E-state index in [9.17, 15) is 0 Å². The molecule has 2 N–H and O–H groups in total. The zero-order chi connectivity index (χ0) is 12.8. The van der Waals surface area contributed by atoms with Crippen LogP contribution in [-0.2, 0) is 4.74 Å². The molecule has 0 aliphatic carbocycles. The SMILES string of the molecule is Cc1ccc(OCC2CCCO2)c(C#CCN)c1. The minimum absolute atomic E-state index is 0.224. The third-order valence-electron chi connectivity index (χ3n) is 2.91. The first-order valence-electron chi connectivity index (χ1n) is 6.33. The Kier molecular flexibility index (Phi) is 4.63. The van der Waals surface area contributed by atoms with Crippen LogP contribution in [0.3, 0.4) is 0 Å². The van der Waals surface area contributed by atoms with Crippen LogP contribution in [0, 0.1) is 18.8 Å². The highest BCUT2D eigenvalue weighted by atomic mass is 16.5. The second-order valence-corrected chi connectivity index (χ2v) is 4.45. The molecule has 0 radical (unpaired) electrons. The number of nitrogens with two attached hydrogens (primary N) is 1. The van der Waals surface area contributed by atoms with Gasteiger partial charge in [-0.15, -0.1) is 0 Å². The number of rotatable bonds is 3. The van der Waals surface area contributed by atoms with Crippen LogP contribution in [0.2, 0.25) is 0 Å². The topological polar surface area (TPSA) is 44.5 Å². The van der Waals surface area contributed by atoms with Gasteiger partial charge in [-0.3, -0.25) is 0 Å². The van der Waals surface area contributed by atoms with E-state index in [1.54, 1.807) is 0 Å². The average Bonchev–Trinajstić information content (AvgIpc) is 2.88. The Balaban J connectivity index is 2.05. The van der Waals surface area contributed by atoms with Gasteiger partial charge in [-0.2, -0.15) is 0 Å². The summed E-state index contributed by atoms with van der Waals surface area (Å²) in [5.74, 6) is 6.73. The maximum absolute atomic E-state index is 5.80. The predicted octanol–water partition coefficient (Wildman–Crippen LogP) is 1.86. The third kappa shape index (κ3) is 3.49. The maximum Gasteiger partial charge on any atom is 0.135 e. The lowest BCUT2D eigenvalue weighted by Crippen LogP contribution is -2.16. The second-order valence-electron chi connectivity index (χ2n) is 4.45. The van der Waals surface area contributed by atoms with Crippen molar-refractivity contribution >= 4 is 0 Å². The van der Waals surface area contributed by atoms with Crippen molar-refractivity contribution in [1.82, 2.24) is 0 Å². The first kappa shape index (κ1) is 12.9. The van der Waals surface area contributed by atoms with Gasteiger partial charge in [-0.05, 0) is 37.5 Å². The molecule has 3 heteroatoms. The van der Waals surface area contributed by atoms with Gasteiger partial charge in [0.25, 0.3) is 0 Å². The molecule has 1 aromatic rings. The Morgan fingerprint density at radius 2 is 2.39 bits per heavy atom. The normalized spacial score (nSPS) is 18.2. The van der Waals surface area contributed by atoms with Crippen LogP contribution < -0.4 is 10.5 Å². The van der Waals surface area contributed by atoms with Crippen molar-refractivity contribution in [2.45, 2.75) is 25.9 Å². The van der Waals surface area contributed by atoms with E-state index in [0.29, 0.717) is 13.2 Å². The molecule has 0 amide bonds. The van der Waals surface area contributed by atoms with Gasteiger partial charge >= 0.3 is 0 Å². The molecular weight excluding hydrogens is 226 g/mol. The third-order valence-corrected chi connectivity index (χ3v) is 2.91. The van der Waals surface area contributed by atoms with Crippen LogP contribution in [0.15, 0.2) is 18.2 Å². The van der Waals surface area contributed by atoms with Crippen LogP contribution in [0.4, 0.5) is 0 Å². The smallest absolute Gasteiger partial charge is 0.135 e. The fourth-order valence-electron chi connectivity index (χ4n) is 1.97. The number of aryl methyl sites for hydroxylation is 1. The fourth-order valence-corrected chi connectivity index (χ4v) is 1.97. The zero-order valence-corrected chi connectivity index (χ0v) is 10.7. The van der Waals surface area contributed by atoms with Crippen molar-refractivity contribution in [2.24, 2.45) is 5.73 Å². The number of hydrogen-bond donors (Lipinski definition) is 1. The predicted molar refractivity (Wildman–Crippen MR) is 71.6 cm³/mol. The molecule has 2 rings (SSSR count). The molecule has 0 bridgehead atoms. The zero-order valence-electron chi connectivity index (χ0n) is 10.7. The molecule has 1 heterocycles. The summed E-state index contributed by atoms with van der Waals surface area (Å²) in [5, 5.41) is 0. The van der Waals surface area contributed by atoms with E-state index in [1.165, 1.54) is 5.56 Å². The summed E-state index contributed by atoms with van der Waals surface area (Å²) in [6, 6.07) is 6.01. The minimum atomic E-state index is 0.224. The van der Waals surface area contributed by atoms with E-state index in [1.807, 2.05) is 25.1 Å². The monoisotopic (exact) mass is 245 g/mol. The number of benzene rings is 1. The number of ether oxygens (including phenoxy) is 2. The molecule has 1 unspecified atom stereocenters. The molecule has 0 saturated carbocycles. The molecule has 0 spiro atoms. The summed E-state index contributed by atoms with van der Waals surface area (Å²) in [6.07, 6.45) is 2.43. The van der Waals surface area contributed by atoms with Crippen molar-refractivity contribution in [3.8, 4) is 17.6 Å². The van der Waals surface area contributed by atoms with Crippen LogP contribution in [0.25, 0.3) is 0 Å². The molecule has 1 aliphatic heterocycles. The maximum atomic E-state index is 5.80. The van der Waals surface area contributed by atoms with Crippen molar-refractivity contribution in [3.05, 3.63) is 29.3 Å². The highest BCUT2D eigenvalue weighted by Gasteiger charge is 2.16. The lowest BCUT2D eigenvalue weighted by Gasteiger charge is -2.13. The van der Waals surface area contributed by atoms with E-state index in [0.717, 1.165) is 30.8 Å². The Bertz CT molecular complexity index is 453. The molecule has 1 saturated heterocycles.